The molecule has 0 saturated heterocycles. The van der Waals surface area contributed by atoms with Crippen LogP contribution in [-0.4, -0.2) is 6.61 Å². The van der Waals surface area contributed by atoms with Gasteiger partial charge < -0.3 is 4.74 Å². The van der Waals surface area contributed by atoms with Gasteiger partial charge in [0.25, 0.3) is 0 Å². The molecule has 0 spiro atoms. The minimum atomic E-state index is 0.172. The van der Waals surface area contributed by atoms with Crippen LogP contribution in [0.5, 0.6) is 5.75 Å². The normalized spacial score (nSPS) is 10.6. The Morgan fingerprint density at radius 2 is 2.00 bits per heavy atom. The molecule has 2 nitrogen and oxygen atoms in total. The first-order valence-corrected chi connectivity index (χ1v) is 7.54. The van der Waals surface area contributed by atoms with E-state index in [4.69, 9.17) is 22.8 Å². The van der Waals surface area contributed by atoms with Crippen molar-refractivity contribution in [3.8, 4) is 24.2 Å². The number of allylic oxidation sites excluding steroid dienone is 1. The molecule has 22 heavy (non-hydrogen) atoms. The number of benzene rings is 2. The Bertz CT molecular complexity index is 782. The zero-order valence-corrected chi connectivity index (χ0v) is 13.9. The van der Waals surface area contributed by atoms with Gasteiger partial charge in [-0.25, -0.2) is 0 Å². The molecule has 0 heterocycles. The molecule has 108 valence electrons. The Hall–Kier alpha value is -2.20. The lowest BCUT2D eigenvalue weighted by Crippen LogP contribution is -1.96. The number of rotatable bonds is 4. The van der Waals surface area contributed by atoms with E-state index in [0.29, 0.717) is 16.3 Å². The maximum absolute atomic E-state index is 9.41. The van der Waals surface area contributed by atoms with Crippen molar-refractivity contribution < 1.29 is 4.74 Å². The highest BCUT2D eigenvalue weighted by Gasteiger charge is 2.06. The fourth-order valence-electron chi connectivity index (χ4n) is 1.85. The van der Waals surface area contributed by atoms with Gasteiger partial charge in [0.15, 0.2) is 0 Å². The highest BCUT2D eigenvalue weighted by atomic mass is 79.9. The van der Waals surface area contributed by atoms with Crippen molar-refractivity contribution >= 4 is 39.2 Å². The van der Waals surface area contributed by atoms with Crippen molar-refractivity contribution in [1.29, 1.82) is 5.26 Å². The van der Waals surface area contributed by atoms with Crippen LogP contribution < -0.4 is 4.74 Å². The smallest absolute Gasteiger partial charge is 0.148 e. The number of halogens is 2. The molecule has 4 heteroatoms. The zero-order chi connectivity index (χ0) is 15.9. The van der Waals surface area contributed by atoms with E-state index in [1.54, 1.807) is 30.3 Å². The Labute approximate surface area is 143 Å². The second-order valence-electron chi connectivity index (χ2n) is 4.35. The Balaban J connectivity index is 2.45. The molecule has 2 rings (SSSR count). The van der Waals surface area contributed by atoms with Crippen LogP contribution in [0.25, 0.3) is 11.6 Å². The lowest BCUT2D eigenvalue weighted by molar-refractivity contribution is 0.369. The van der Waals surface area contributed by atoms with Gasteiger partial charge in [0.2, 0.25) is 0 Å². The van der Waals surface area contributed by atoms with Gasteiger partial charge in [-0.2, -0.15) is 5.26 Å². The molecule has 2 aromatic rings. The maximum atomic E-state index is 9.41. The van der Waals surface area contributed by atoms with Crippen molar-refractivity contribution in [1.82, 2.24) is 0 Å². The van der Waals surface area contributed by atoms with E-state index in [0.717, 1.165) is 15.6 Å². The number of nitrogens with zero attached hydrogens (tertiary/aromatic N) is 1. The number of hydrogen-bond donors (Lipinski definition) is 0. The van der Waals surface area contributed by atoms with Gasteiger partial charge in [0.1, 0.15) is 12.4 Å². The third kappa shape index (κ3) is 4.15. The van der Waals surface area contributed by atoms with Crippen LogP contribution >= 0.6 is 27.5 Å². The van der Waals surface area contributed by atoms with Gasteiger partial charge in [-0.15, -0.1) is 6.42 Å². The molecule has 2 aromatic carbocycles. The van der Waals surface area contributed by atoms with E-state index in [1.807, 2.05) is 18.2 Å². The number of terminal acetylenes is 1. The van der Waals surface area contributed by atoms with E-state index >= 15 is 0 Å². The first-order valence-electron chi connectivity index (χ1n) is 6.37. The molecule has 0 fully saturated rings. The molecule has 0 aliphatic heterocycles. The van der Waals surface area contributed by atoms with E-state index < -0.39 is 0 Å². The average molecular weight is 373 g/mol. The summed E-state index contributed by atoms with van der Waals surface area (Å²) in [6, 6.07) is 14.8. The molecule has 0 bridgehead atoms. The highest BCUT2D eigenvalue weighted by Crippen LogP contribution is 2.28. The molecule has 0 saturated carbocycles. The van der Waals surface area contributed by atoms with Crippen molar-refractivity contribution in [2.75, 3.05) is 6.61 Å². The van der Waals surface area contributed by atoms with Crippen LogP contribution in [0.4, 0.5) is 0 Å². The van der Waals surface area contributed by atoms with Crippen LogP contribution in [0.15, 0.2) is 46.9 Å². The van der Waals surface area contributed by atoms with Gasteiger partial charge in [-0.1, -0.05) is 45.6 Å². The van der Waals surface area contributed by atoms with E-state index in [-0.39, 0.29) is 6.61 Å². The predicted octanol–water partition coefficient (Wildman–Crippen LogP) is 5.18. The third-order valence-electron chi connectivity index (χ3n) is 2.86. The van der Waals surface area contributed by atoms with Crippen LogP contribution in [0.3, 0.4) is 0 Å². The van der Waals surface area contributed by atoms with Crippen LogP contribution in [-0.2, 0) is 0 Å². The molecule has 0 radical (unpaired) electrons. The highest BCUT2D eigenvalue weighted by molar-refractivity contribution is 9.10. The van der Waals surface area contributed by atoms with Crippen molar-refractivity contribution in [2.24, 2.45) is 0 Å². The fraction of sp³-hybridized carbons (Fsp3) is 0.0556. The van der Waals surface area contributed by atoms with Gasteiger partial charge in [0.05, 0.1) is 11.6 Å². The lowest BCUT2D eigenvalue weighted by Gasteiger charge is -2.08. The molecular formula is C18H11BrClNO. The van der Waals surface area contributed by atoms with Gasteiger partial charge >= 0.3 is 0 Å². The Morgan fingerprint density at radius 1 is 1.27 bits per heavy atom. The minimum Gasteiger partial charge on any atom is -0.480 e. The van der Waals surface area contributed by atoms with Gasteiger partial charge in [-0.3, -0.25) is 0 Å². The van der Waals surface area contributed by atoms with Crippen molar-refractivity contribution in [3.63, 3.8) is 0 Å². The molecule has 0 N–H and O–H groups in total. The predicted molar refractivity (Wildman–Crippen MR) is 93.4 cm³/mol. The van der Waals surface area contributed by atoms with E-state index in [1.165, 1.54) is 0 Å². The van der Waals surface area contributed by atoms with Crippen LogP contribution in [0.2, 0.25) is 5.02 Å². The summed E-state index contributed by atoms with van der Waals surface area (Å²) in [6.07, 6.45) is 6.99. The van der Waals surface area contributed by atoms with Gasteiger partial charge in [-0.05, 0) is 42.0 Å². The molecule has 0 aliphatic rings. The minimum absolute atomic E-state index is 0.172. The fourth-order valence-corrected chi connectivity index (χ4v) is 2.35. The average Bonchev–Trinajstić information content (AvgIpc) is 2.53. The van der Waals surface area contributed by atoms with Gasteiger partial charge in [0, 0.05) is 15.1 Å². The molecule has 0 amide bonds. The summed E-state index contributed by atoms with van der Waals surface area (Å²) in [5.41, 5.74) is 2.08. The largest absolute Gasteiger partial charge is 0.480 e. The standard InChI is InChI=1S/C18H11BrClNO/c1-2-9-22-18-8-5-16(19)11-14(18)10-15(12-21)13-3-6-17(20)7-4-13/h1,3-8,10-11H,9H2/b15-10-. The summed E-state index contributed by atoms with van der Waals surface area (Å²) < 4.78 is 6.40. The summed E-state index contributed by atoms with van der Waals surface area (Å²) in [5, 5.41) is 10.0. The summed E-state index contributed by atoms with van der Waals surface area (Å²) in [7, 11) is 0. The Morgan fingerprint density at radius 3 is 2.64 bits per heavy atom. The van der Waals surface area contributed by atoms with E-state index in [9.17, 15) is 5.26 Å². The summed E-state index contributed by atoms with van der Waals surface area (Å²) in [5.74, 6) is 3.06. The monoisotopic (exact) mass is 371 g/mol. The molecule has 0 aliphatic carbocycles. The second kappa shape index (κ2) is 7.71. The number of nitriles is 1. The first kappa shape index (κ1) is 16.2. The summed E-state index contributed by atoms with van der Waals surface area (Å²) in [6.45, 7) is 0.172. The van der Waals surface area contributed by atoms with Crippen molar-refractivity contribution in [3.05, 3.63) is 63.1 Å². The van der Waals surface area contributed by atoms with Crippen LogP contribution in [0, 0.1) is 23.7 Å². The first-order chi connectivity index (χ1) is 10.6. The lowest BCUT2D eigenvalue weighted by atomic mass is 10.0. The second-order valence-corrected chi connectivity index (χ2v) is 5.70. The van der Waals surface area contributed by atoms with Crippen molar-refractivity contribution in [2.45, 2.75) is 0 Å². The third-order valence-corrected chi connectivity index (χ3v) is 3.60. The molecular weight excluding hydrogens is 362 g/mol. The number of hydrogen-bond acceptors (Lipinski definition) is 2. The number of ether oxygens (including phenoxy) is 1. The summed E-state index contributed by atoms with van der Waals surface area (Å²) >= 11 is 9.29. The van der Waals surface area contributed by atoms with Crippen LogP contribution in [0.1, 0.15) is 11.1 Å². The quantitative estimate of drug-likeness (QED) is 0.421. The molecule has 0 unspecified atom stereocenters. The maximum Gasteiger partial charge on any atom is 0.148 e. The topological polar surface area (TPSA) is 33.0 Å². The summed E-state index contributed by atoms with van der Waals surface area (Å²) in [4.78, 5) is 0. The Kier molecular flexibility index (Phi) is 5.67. The SMILES string of the molecule is C#CCOc1ccc(Br)cc1/C=C(/C#N)c1ccc(Cl)cc1. The molecule has 0 atom stereocenters. The molecule has 0 aromatic heterocycles. The van der Waals surface area contributed by atoms with E-state index in [2.05, 4.69) is 27.9 Å². The zero-order valence-electron chi connectivity index (χ0n) is 11.5.